The Kier molecular flexibility index (Phi) is 7.10. The van der Waals surface area contributed by atoms with Crippen LogP contribution in [0.3, 0.4) is 0 Å². The highest BCUT2D eigenvalue weighted by Crippen LogP contribution is 2.04. The van der Waals surface area contributed by atoms with Crippen molar-refractivity contribution in [1.82, 2.24) is 5.43 Å². The van der Waals surface area contributed by atoms with Crippen LogP contribution in [0.5, 0.6) is 0 Å². The molecule has 0 rings (SSSR count). The van der Waals surface area contributed by atoms with Crippen molar-refractivity contribution in [2.45, 2.75) is 52.0 Å². The predicted molar refractivity (Wildman–Crippen MR) is 47.2 cm³/mol. The van der Waals surface area contributed by atoms with Gasteiger partial charge in [0.1, 0.15) is 0 Å². The third kappa shape index (κ3) is 7.30. The normalized spacial score (nSPS) is 12.5. The maximum Gasteiger partial charge on any atom is 0.0498 e. The molecule has 0 bridgehead atoms. The molecule has 0 fully saturated rings. The first-order valence-corrected chi connectivity index (χ1v) is 4.39. The van der Waals surface area contributed by atoms with Crippen LogP contribution in [0.2, 0.25) is 0 Å². The molecule has 0 heterocycles. The van der Waals surface area contributed by atoms with Gasteiger partial charge in [0.15, 0.2) is 0 Å². The lowest BCUT2D eigenvalue weighted by molar-refractivity contribution is 0.495. The molecule has 0 saturated heterocycles. The second-order valence-corrected chi connectivity index (χ2v) is 2.97. The van der Waals surface area contributed by atoms with E-state index in [-0.39, 0.29) is 6.04 Å². The average molecular weight is 158 g/mol. The quantitative estimate of drug-likeness (QED) is 0.351. The van der Waals surface area contributed by atoms with Crippen LogP contribution in [-0.2, 0) is 0 Å². The van der Waals surface area contributed by atoms with E-state index < -0.39 is 0 Å². The van der Waals surface area contributed by atoms with Crippen LogP contribution >= 0.6 is 0 Å². The highest BCUT2D eigenvalue weighted by Gasteiger charge is 1.98. The van der Waals surface area contributed by atoms with Gasteiger partial charge in [0.05, 0.1) is 0 Å². The Morgan fingerprint density at radius 3 is 2.64 bits per heavy atom. The SMILES string of the molecule is CCCCCC[C@@H](C)NN=O. The number of hydrogen-bond acceptors (Lipinski definition) is 2. The minimum absolute atomic E-state index is 0.240. The number of hydrogen-bond donors (Lipinski definition) is 1. The third-order valence-electron chi connectivity index (χ3n) is 1.76. The molecule has 0 aromatic carbocycles. The lowest BCUT2D eigenvalue weighted by atomic mass is 10.1. The molecule has 3 heteroatoms. The fourth-order valence-corrected chi connectivity index (χ4v) is 1.03. The van der Waals surface area contributed by atoms with E-state index in [0.29, 0.717) is 0 Å². The monoisotopic (exact) mass is 158 g/mol. The van der Waals surface area contributed by atoms with Gasteiger partial charge in [-0.2, -0.15) is 0 Å². The van der Waals surface area contributed by atoms with Crippen molar-refractivity contribution in [2.75, 3.05) is 0 Å². The summed E-state index contributed by atoms with van der Waals surface area (Å²) in [6, 6.07) is 0.240. The molecule has 0 aromatic heterocycles. The Bertz CT molecular complexity index is 96.1. The minimum Gasteiger partial charge on any atom is -0.271 e. The summed E-state index contributed by atoms with van der Waals surface area (Å²) in [5, 5.41) is 2.63. The van der Waals surface area contributed by atoms with Crippen LogP contribution in [0.4, 0.5) is 0 Å². The van der Waals surface area contributed by atoms with Gasteiger partial charge in [-0.1, -0.05) is 32.6 Å². The van der Waals surface area contributed by atoms with Crippen molar-refractivity contribution in [1.29, 1.82) is 0 Å². The second kappa shape index (κ2) is 7.51. The molecule has 11 heavy (non-hydrogen) atoms. The predicted octanol–water partition coefficient (Wildman–Crippen LogP) is 2.62. The van der Waals surface area contributed by atoms with Gasteiger partial charge in [-0.15, -0.1) is 4.91 Å². The molecular weight excluding hydrogens is 140 g/mol. The Morgan fingerprint density at radius 1 is 1.36 bits per heavy atom. The van der Waals surface area contributed by atoms with E-state index in [1.54, 1.807) is 0 Å². The van der Waals surface area contributed by atoms with Crippen molar-refractivity contribution in [3.8, 4) is 0 Å². The Morgan fingerprint density at radius 2 is 2.09 bits per heavy atom. The smallest absolute Gasteiger partial charge is 0.0498 e. The fourth-order valence-electron chi connectivity index (χ4n) is 1.03. The molecule has 0 aliphatic carbocycles. The molecular formula is C8H18N2O. The molecule has 1 atom stereocenters. The highest BCUT2D eigenvalue weighted by molar-refractivity contribution is 4.56. The topological polar surface area (TPSA) is 41.5 Å². The summed E-state index contributed by atoms with van der Waals surface area (Å²) in [6.45, 7) is 4.17. The van der Waals surface area contributed by atoms with Crippen LogP contribution in [-0.4, -0.2) is 6.04 Å². The fraction of sp³-hybridized carbons (Fsp3) is 1.00. The number of nitroso groups, excluding NO2 is 1. The number of nitrogens with zero attached hydrogens (tertiary/aromatic N) is 1. The number of unbranched alkanes of at least 4 members (excludes halogenated alkanes) is 3. The molecule has 3 nitrogen and oxygen atoms in total. The van der Waals surface area contributed by atoms with Crippen molar-refractivity contribution in [3.63, 3.8) is 0 Å². The Hall–Kier alpha value is -0.600. The van der Waals surface area contributed by atoms with Gasteiger partial charge in [0, 0.05) is 11.3 Å². The second-order valence-electron chi connectivity index (χ2n) is 2.97. The van der Waals surface area contributed by atoms with Gasteiger partial charge in [-0.3, -0.25) is 5.43 Å². The lowest BCUT2D eigenvalue weighted by Crippen LogP contribution is -2.19. The van der Waals surface area contributed by atoms with Gasteiger partial charge in [-0.25, -0.2) is 0 Å². The summed E-state index contributed by atoms with van der Waals surface area (Å²) < 4.78 is 0. The molecule has 1 N–H and O–H groups in total. The molecule has 0 aliphatic rings. The molecule has 0 aliphatic heterocycles. The minimum atomic E-state index is 0.240. The van der Waals surface area contributed by atoms with Crippen LogP contribution in [0.15, 0.2) is 5.29 Å². The summed E-state index contributed by atoms with van der Waals surface area (Å²) in [6.07, 6.45) is 6.06. The van der Waals surface area contributed by atoms with Gasteiger partial charge >= 0.3 is 0 Å². The van der Waals surface area contributed by atoms with E-state index in [1.807, 2.05) is 6.92 Å². The van der Waals surface area contributed by atoms with E-state index in [4.69, 9.17) is 0 Å². The van der Waals surface area contributed by atoms with E-state index >= 15 is 0 Å². The Balaban J connectivity index is 3.03. The molecule has 66 valence electrons. The van der Waals surface area contributed by atoms with Crippen molar-refractivity contribution in [3.05, 3.63) is 4.91 Å². The van der Waals surface area contributed by atoms with Crippen molar-refractivity contribution in [2.24, 2.45) is 5.29 Å². The summed E-state index contributed by atoms with van der Waals surface area (Å²) in [4.78, 5) is 9.74. The molecule has 0 aromatic rings. The summed E-state index contributed by atoms with van der Waals surface area (Å²) >= 11 is 0. The van der Waals surface area contributed by atoms with E-state index in [1.165, 1.54) is 25.7 Å². The van der Waals surface area contributed by atoms with Gasteiger partial charge in [0.25, 0.3) is 0 Å². The first-order chi connectivity index (χ1) is 5.31. The zero-order valence-electron chi connectivity index (χ0n) is 7.47. The lowest BCUT2D eigenvalue weighted by Gasteiger charge is -2.06. The third-order valence-corrected chi connectivity index (χ3v) is 1.76. The zero-order chi connectivity index (χ0) is 8.53. The molecule has 0 spiro atoms. The zero-order valence-corrected chi connectivity index (χ0v) is 7.47. The van der Waals surface area contributed by atoms with Crippen LogP contribution in [0, 0.1) is 4.91 Å². The number of nitrogens with one attached hydrogen (secondary N) is 1. The van der Waals surface area contributed by atoms with Gasteiger partial charge in [-0.05, 0) is 13.3 Å². The molecule has 0 saturated carbocycles. The molecule has 0 amide bonds. The maximum absolute atomic E-state index is 9.74. The maximum atomic E-state index is 9.74. The first kappa shape index (κ1) is 10.4. The van der Waals surface area contributed by atoms with Gasteiger partial charge < -0.3 is 0 Å². The standard InChI is InChI=1S/C8H18N2O/c1-3-4-5-6-7-8(2)9-10-11/h8H,3-7H2,1-2H3,(H,9,11)/t8-/m1/s1. The van der Waals surface area contributed by atoms with E-state index in [2.05, 4.69) is 17.6 Å². The van der Waals surface area contributed by atoms with Crippen LogP contribution < -0.4 is 5.43 Å². The van der Waals surface area contributed by atoms with E-state index in [9.17, 15) is 4.91 Å². The van der Waals surface area contributed by atoms with E-state index in [0.717, 1.165) is 6.42 Å². The van der Waals surface area contributed by atoms with Crippen LogP contribution in [0.25, 0.3) is 0 Å². The molecule has 0 radical (unpaired) electrons. The van der Waals surface area contributed by atoms with Crippen LogP contribution in [0.1, 0.15) is 46.0 Å². The van der Waals surface area contributed by atoms with Crippen molar-refractivity contribution >= 4 is 0 Å². The van der Waals surface area contributed by atoms with Gasteiger partial charge in [0.2, 0.25) is 0 Å². The highest BCUT2D eigenvalue weighted by atomic mass is 16.3. The first-order valence-electron chi connectivity index (χ1n) is 4.39. The Labute approximate surface area is 68.5 Å². The largest absolute Gasteiger partial charge is 0.271 e. The molecule has 0 unspecified atom stereocenters. The van der Waals surface area contributed by atoms with Crippen molar-refractivity contribution < 1.29 is 0 Å². The number of rotatable bonds is 7. The summed E-state index contributed by atoms with van der Waals surface area (Å²) in [7, 11) is 0. The summed E-state index contributed by atoms with van der Waals surface area (Å²) in [5.41, 5.74) is 2.49. The summed E-state index contributed by atoms with van der Waals surface area (Å²) in [5.74, 6) is 0. The average Bonchev–Trinajstić information content (AvgIpc) is 1.99.